The predicted octanol–water partition coefficient (Wildman–Crippen LogP) is 8.00. The zero-order chi connectivity index (χ0) is 20.0. The van der Waals surface area contributed by atoms with E-state index in [1.165, 1.54) is 44.9 Å². The lowest BCUT2D eigenvalue weighted by Gasteiger charge is -2.38. The molecule has 0 radical (unpaired) electrons. The summed E-state index contributed by atoms with van der Waals surface area (Å²) < 4.78 is 33.9. The van der Waals surface area contributed by atoms with Gasteiger partial charge in [-0.15, -0.1) is 6.58 Å². The molecule has 0 bridgehead atoms. The molecular formula is C25H42F2O. The lowest BCUT2D eigenvalue weighted by molar-refractivity contribution is -0.256. The first-order valence-corrected chi connectivity index (χ1v) is 12.1. The maximum atomic E-state index is 14.3. The van der Waals surface area contributed by atoms with Crippen molar-refractivity contribution in [3.8, 4) is 0 Å². The van der Waals surface area contributed by atoms with Crippen molar-refractivity contribution >= 4 is 0 Å². The van der Waals surface area contributed by atoms with Crippen molar-refractivity contribution in [1.82, 2.24) is 0 Å². The van der Waals surface area contributed by atoms with Crippen LogP contribution in [0, 0.1) is 35.5 Å². The van der Waals surface area contributed by atoms with E-state index in [0.717, 1.165) is 56.3 Å². The van der Waals surface area contributed by atoms with Crippen LogP contribution in [0.1, 0.15) is 96.8 Å². The van der Waals surface area contributed by atoms with Crippen LogP contribution in [0.15, 0.2) is 12.7 Å². The standard InChI is InChI=1S/C25H42F2O/c1-3-19-5-7-21(8-6-19)17-25(26,27)28-18-22-11-15-24(16-12-22)23-13-9-20(4-2)10-14-23/h3,19-24H,1,4-18H2,2H3. The van der Waals surface area contributed by atoms with E-state index in [9.17, 15) is 8.78 Å². The van der Waals surface area contributed by atoms with E-state index in [2.05, 4.69) is 13.5 Å². The molecular weight excluding hydrogens is 354 g/mol. The van der Waals surface area contributed by atoms with Crippen LogP contribution in [0.5, 0.6) is 0 Å². The van der Waals surface area contributed by atoms with Gasteiger partial charge in [0, 0.05) is 6.42 Å². The topological polar surface area (TPSA) is 9.23 Å². The van der Waals surface area contributed by atoms with E-state index >= 15 is 0 Å². The molecule has 3 aliphatic rings. The highest BCUT2D eigenvalue weighted by Crippen LogP contribution is 2.43. The van der Waals surface area contributed by atoms with Crippen molar-refractivity contribution in [2.75, 3.05) is 6.61 Å². The van der Waals surface area contributed by atoms with Crippen LogP contribution in [-0.4, -0.2) is 12.7 Å². The molecule has 3 heteroatoms. The molecule has 0 spiro atoms. The average molecular weight is 397 g/mol. The smallest absolute Gasteiger partial charge is 0.320 e. The Labute approximate surface area is 171 Å². The fourth-order valence-corrected chi connectivity index (χ4v) is 6.16. The van der Waals surface area contributed by atoms with E-state index < -0.39 is 6.11 Å². The second-order valence-corrected chi connectivity index (χ2v) is 10.1. The molecule has 162 valence electrons. The number of hydrogen-bond donors (Lipinski definition) is 0. The Morgan fingerprint density at radius 3 is 1.79 bits per heavy atom. The lowest BCUT2D eigenvalue weighted by Crippen LogP contribution is -2.31. The fourth-order valence-electron chi connectivity index (χ4n) is 6.16. The van der Waals surface area contributed by atoms with Gasteiger partial charge in [0.1, 0.15) is 0 Å². The van der Waals surface area contributed by atoms with Gasteiger partial charge in [-0.3, -0.25) is 0 Å². The highest BCUT2D eigenvalue weighted by Gasteiger charge is 2.37. The number of allylic oxidation sites excluding steroid dienone is 1. The molecule has 3 aliphatic carbocycles. The summed E-state index contributed by atoms with van der Waals surface area (Å²) in [5, 5.41) is 0. The summed E-state index contributed by atoms with van der Waals surface area (Å²) in [5.41, 5.74) is 0. The van der Waals surface area contributed by atoms with Gasteiger partial charge in [0.2, 0.25) is 0 Å². The minimum atomic E-state index is -2.94. The summed E-state index contributed by atoms with van der Waals surface area (Å²) in [4.78, 5) is 0. The maximum absolute atomic E-state index is 14.3. The van der Waals surface area contributed by atoms with Crippen LogP contribution in [0.25, 0.3) is 0 Å². The summed E-state index contributed by atoms with van der Waals surface area (Å²) >= 11 is 0. The molecule has 0 saturated heterocycles. The van der Waals surface area contributed by atoms with Crippen LogP contribution in [0.2, 0.25) is 0 Å². The minimum Gasteiger partial charge on any atom is -0.320 e. The average Bonchev–Trinajstić information content (AvgIpc) is 2.73. The van der Waals surface area contributed by atoms with Gasteiger partial charge in [0.15, 0.2) is 0 Å². The summed E-state index contributed by atoms with van der Waals surface area (Å²) in [6.07, 6.45) is 14.3. The molecule has 1 nitrogen and oxygen atoms in total. The van der Waals surface area contributed by atoms with Gasteiger partial charge < -0.3 is 4.74 Å². The number of hydrogen-bond acceptors (Lipinski definition) is 1. The van der Waals surface area contributed by atoms with Crippen molar-refractivity contribution in [2.45, 2.75) is 103 Å². The molecule has 0 heterocycles. The molecule has 0 aromatic carbocycles. The Kier molecular flexibility index (Phi) is 8.38. The van der Waals surface area contributed by atoms with Crippen LogP contribution < -0.4 is 0 Å². The molecule has 0 atom stereocenters. The molecule has 0 aromatic heterocycles. The molecule has 0 N–H and O–H groups in total. The summed E-state index contributed by atoms with van der Waals surface area (Å²) in [7, 11) is 0. The molecule has 0 amide bonds. The van der Waals surface area contributed by atoms with E-state index in [0.29, 0.717) is 11.8 Å². The Morgan fingerprint density at radius 2 is 1.29 bits per heavy atom. The number of rotatable bonds is 8. The quantitative estimate of drug-likeness (QED) is 0.378. The second kappa shape index (κ2) is 10.5. The predicted molar refractivity (Wildman–Crippen MR) is 112 cm³/mol. The van der Waals surface area contributed by atoms with Crippen molar-refractivity contribution < 1.29 is 13.5 Å². The van der Waals surface area contributed by atoms with E-state index in [-0.39, 0.29) is 18.9 Å². The van der Waals surface area contributed by atoms with Gasteiger partial charge in [-0.2, -0.15) is 8.78 Å². The van der Waals surface area contributed by atoms with Gasteiger partial charge >= 0.3 is 6.11 Å². The zero-order valence-electron chi connectivity index (χ0n) is 18.0. The fraction of sp³-hybridized carbons (Fsp3) is 0.920. The molecule has 3 fully saturated rings. The van der Waals surface area contributed by atoms with E-state index in [1.807, 2.05) is 6.08 Å². The van der Waals surface area contributed by atoms with Crippen molar-refractivity contribution in [1.29, 1.82) is 0 Å². The summed E-state index contributed by atoms with van der Waals surface area (Å²) in [6.45, 7) is 6.41. The van der Waals surface area contributed by atoms with E-state index in [4.69, 9.17) is 4.74 Å². The Balaban J connectivity index is 1.33. The highest BCUT2D eigenvalue weighted by molar-refractivity contribution is 4.85. The molecule has 3 rings (SSSR count). The van der Waals surface area contributed by atoms with Crippen molar-refractivity contribution in [3.63, 3.8) is 0 Å². The Bertz CT molecular complexity index is 453. The first-order valence-electron chi connectivity index (χ1n) is 12.1. The zero-order valence-corrected chi connectivity index (χ0v) is 18.0. The molecule has 0 unspecified atom stereocenters. The van der Waals surface area contributed by atoms with Gasteiger partial charge in [0.25, 0.3) is 0 Å². The molecule has 0 aromatic rings. The van der Waals surface area contributed by atoms with E-state index in [1.54, 1.807) is 0 Å². The van der Waals surface area contributed by atoms with Gasteiger partial charge in [-0.05, 0) is 99.7 Å². The van der Waals surface area contributed by atoms with Crippen LogP contribution >= 0.6 is 0 Å². The second-order valence-electron chi connectivity index (χ2n) is 10.1. The molecule has 28 heavy (non-hydrogen) atoms. The van der Waals surface area contributed by atoms with Crippen molar-refractivity contribution in [3.05, 3.63) is 12.7 Å². The van der Waals surface area contributed by atoms with Gasteiger partial charge in [0.05, 0.1) is 6.61 Å². The SMILES string of the molecule is C=CC1CCC(CC(F)(F)OCC2CCC(C3CCC(CC)CC3)CC2)CC1. The third kappa shape index (κ3) is 6.54. The van der Waals surface area contributed by atoms with Crippen LogP contribution in [0.4, 0.5) is 8.78 Å². The minimum absolute atomic E-state index is 0.0904. The number of alkyl halides is 2. The normalized spacial score (nSPS) is 37.5. The van der Waals surface area contributed by atoms with Crippen LogP contribution in [0.3, 0.4) is 0 Å². The Morgan fingerprint density at radius 1 is 0.786 bits per heavy atom. The number of ether oxygens (including phenoxy) is 1. The first-order chi connectivity index (χ1) is 13.5. The maximum Gasteiger partial charge on any atom is 0.356 e. The Hall–Kier alpha value is -0.440. The summed E-state index contributed by atoms with van der Waals surface area (Å²) in [5.74, 6) is 3.67. The summed E-state index contributed by atoms with van der Waals surface area (Å²) in [6, 6.07) is 0. The van der Waals surface area contributed by atoms with Gasteiger partial charge in [-0.25, -0.2) is 0 Å². The largest absolute Gasteiger partial charge is 0.356 e. The lowest BCUT2D eigenvalue weighted by atomic mass is 9.69. The van der Waals surface area contributed by atoms with Crippen molar-refractivity contribution in [2.24, 2.45) is 35.5 Å². The first kappa shape index (κ1) is 22.2. The third-order valence-electron chi connectivity index (χ3n) is 8.31. The number of halogens is 2. The molecule has 3 saturated carbocycles. The highest BCUT2D eigenvalue weighted by atomic mass is 19.3. The van der Waals surface area contributed by atoms with Gasteiger partial charge in [-0.1, -0.05) is 32.3 Å². The molecule has 0 aliphatic heterocycles. The van der Waals surface area contributed by atoms with Crippen LogP contribution in [-0.2, 0) is 4.74 Å². The third-order valence-corrected chi connectivity index (χ3v) is 8.31. The monoisotopic (exact) mass is 396 g/mol.